The van der Waals surface area contributed by atoms with Gasteiger partial charge in [0.15, 0.2) is 5.41 Å². The van der Waals surface area contributed by atoms with Crippen LogP contribution in [0.2, 0.25) is 0 Å². The highest BCUT2D eigenvalue weighted by atomic mass is 16.6. The molecule has 5 nitrogen and oxygen atoms in total. The lowest BCUT2D eigenvalue weighted by molar-refractivity contribution is -0.167. The molecule has 0 amide bonds. The second-order valence-corrected chi connectivity index (χ2v) is 8.94. The monoisotopic (exact) mass is 419 g/mol. The standard InChI is InChI=1S/C26H29NO4/c1-4-21-16(2)14-26(24(28)29)23(17(3)31-25(26)30)22(21)13-12-20-11-10-19(15-27-20)18-8-6-5-7-9-18/h5-13,15-17,21-23H,4,14H2,1-3H3,(H,28,29)/t16-,17+,21+,22-,23-,26+/m0/s1. The lowest BCUT2D eigenvalue weighted by Gasteiger charge is -2.46. The topological polar surface area (TPSA) is 76.5 Å². The van der Waals surface area contributed by atoms with Crippen molar-refractivity contribution in [2.45, 2.75) is 39.7 Å². The van der Waals surface area contributed by atoms with Crippen molar-refractivity contribution in [2.75, 3.05) is 0 Å². The number of aromatic nitrogens is 1. The first-order valence-electron chi connectivity index (χ1n) is 11.0. The van der Waals surface area contributed by atoms with Gasteiger partial charge in [-0.1, -0.05) is 62.7 Å². The molecule has 0 unspecified atom stereocenters. The highest BCUT2D eigenvalue weighted by molar-refractivity contribution is 6.01. The Morgan fingerprint density at radius 1 is 1.19 bits per heavy atom. The number of carbonyl (C=O) groups is 2. The van der Waals surface area contributed by atoms with Crippen LogP contribution in [0.25, 0.3) is 17.2 Å². The van der Waals surface area contributed by atoms with Gasteiger partial charge in [-0.15, -0.1) is 0 Å². The molecule has 162 valence electrons. The number of carbonyl (C=O) groups excluding carboxylic acids is 1. The fourth-order valence-corrected chi connectivity index (χ4v) is 5.82. The first-order valence-corrected chi connectivity index (χ1v) is 11.0. The van der Waals surface area contributed by atoms with Crippen LogP contribution in [0.5, 0.6) is 0 Å². The van der Waals surface area contributed by atoms with Gasteiger partial charge in [-0.3, -0.25) is 14.6 Å². The molecule has 1 saturated carbocycles. The quantitative estimate of drug-likeness (QED) is 0.540. The molecule has 6 atom stereocenters. The number of cyclic esters (lactones) is 1. The summed E-state index contributed by atoms with van der Waals surface area (Å²) in [5, 5.41) is 10.1. The Kier molecular flexibility index (Phi) is 5.69. The summed E-state index contributed by atoms with van der Waals surface area (Å²) in [5.74, 6) is -1.69. The van der Waals surface area contributed by atoms with E-state index in [1.807, 2.05) is 61.7 Å². The summed E-state index contributed by atoms with van der Waals surface area (Å²) < 4.78 is 5.49. The van der Waals surface area contributed by atoms with Gasteiger partial charge in [-0.25, -0.2) is 0 Å². The van der Waals surface area contributed by atoms with Gasteiger partial charge in [0.25, 0.3) is 0 Å². The van der Waals surface area contributed by atoms with Gasteiger partial charge in [0.2, 0.25) is 0 Å². The first-order chi connectivity index (χ1) is 14.9. The summed E-state index contributed by atoms with van der Waals surface area (Å²) in [4.78, 5) is 29.6. The normalized spacial score (nSPS) is 32.6. The molecule has 0 spiro atoms. The van der Waals surface area contributed by atoms with Crippen LogP contribution in [0.1, 0.15) is 39.3 Å². The minimum atomic E-state index is -1.45. The van der Waals surface area contributed by atoms with Crippen molar-refractivity contribution >= 4 is 18.0 Å². The zero-order valence-corrected chi connectivity index (χ0v) is 18.2. The van der Waals surface area contributed by atoms with E-state index < -0.39 is 23.5 Å². The number of aliphatic carboxylic acids is 1. The Labute approximate surface area is 183 Å². The van der Waals surface area contributed by atoms with Gasteiger partial charge in [0, 0.05) is 17.7 Å². The Hall–Kier alpha value is -2.95. The molecule has 1 aliphatic carbocycles. The third-order valence-corrected chi connectivity index (χ3v) is 7.25. The molecule has 1 saturated heterocycles. The number of benzene rings is 1. The number of nitrogens with zero attached hydrogens (tertiary/aromatic N) is 1. The number of carboxylic acids is 1. The molecule has 31 heavy (non-hydrogen) atoms. The molecule has 2 heterocycles. The smallest absolute Gasteiger partial charge is 0.324 e. The molecule has 0 bridgehead atoms. The van der Waals surface area contributed by atoms with Crippen LogP contribution in [0.15, 0.2) is 54.7 Å². The average Bonchev–Trinajstić information content (AvgIpc) is 3.03. The second kappa shape index (κ2) is 8.29. The number of carboxylic acid groups (broad SMARTS) is 1. The lowest BCUT2D eigenvalue weighted by atomic mass is 9.54. The van der Waals surface area contributed by atoms with Gasteiger partial charge >= 0.3 is 11.9 Å². The summed E-state index contributed by atoms with van der Waals surface area (Å²) in [6.07, 6.45) is 6.71. The van der Waals surface area contributed by atoms with E-state index in [0.29, 0.717) is 6.42 Å². The van der Waals surface area contributed by atoms with Crippen LogP contribution in [0, 0.1) is 29.1 Å². The minimum Gasteiger partial charge on any atom is -0.480 e. The third kappa shape index (κ3) is 3.56. The summed E-state index contributed by atoms with van der Waals surface area (Å²) in [7, 11) is 0. The molecular weight excluding hydrogens is 390 g/mol. The molecule has 0 radical (unpaired) electrons. The lowest BCUT2D eigenvalue weighted by Crippen LogP contribution is -2.52. The number of hydrogen-bond donors (Lipinski definition) is 1. The predicted octanol–water partition coefficient (Wildman–Crippen LogP) is 5.08. The van der Waals surface area contributed by atoms with Crippen molar-refractivity contribution in [1.82, 2.24) is 4.98 Å². The van der Waals surface area contributed by atoms with E-state index in [2.05, 4.69) is 24.9 Å². The van der Waals surface area contributed by atoms with E-state index in [-0.39, 0.29) is 23.7 Å². The molecule has 5 heteroatoms. The van der Waals surface area contributed by atoms with E-state index in [1.165, 1.54) is 0 Å². The number of rotatable bonds is 5. The number of ether oxygens (including phenoxy) is 1. The second-order valence-electron chi connectivity index (χ2n) is 8.94. The fourth-order valence-electron chi connectivity index (χ4n) is 5.82. The molecule has 1 N–H and O–H groups in total. The fraction of sp³-hybridized carbons (Fsp3) is 0.423. The number of allylic oxidation sites excluding steroid dienone is 1. The van der Waals surface area contributed by atoms with Crippen LogP contribution in [-0.4, -0.2) is 28.1 Å². The third-order valence-electron chi connectivity index (χ3n) is 7.25. The van der Waals surface area contributed by atoms with Gasteiger partial charge < -0.3 is 9.84 Å². The maximum Gasteiger partial charge on any atom is 0.324 e. The van der Waals surface area contributed by atoms with E-state index >= 15 is 0 Å². The highest BCUT2D eigenvalue weighted by Gasteiger charge is 2.67. The summed E-state index contributed by atoms with van der Waals surface area (Å²) in [5.41, 5.74) is 1.51. The molecule has 1 aromatic carbocycles. The first kappa shape index (κ1) is 21.3. The van der Waals surface area contributed by atoms with Crippen molar-refractivity contribution < 1.29 is 19.4 Å². The Morgan fingerprint density at radius 2 is 1.94 bits per heavy atom. The highest BCUT2D eigenvalue weighted by Crippen LogP contribution is 2.57. The van der Waals surface area contributed by atoms with Crippen molar-refractivity contribution in [3.05, 3.63) is 60.4 Å². The van der Waals surface area contributed by atoms with Crippen LogP contribution in [0.4, 0.5) is 0 Å². The van der Waals surface area contributed by atoms with Crippen LogP contribution in [-0.2, 0) is 14.3 Å². The maximum atomic E-state index is 12.7. The average molecular weight is 420 g/mol. The largest absolute Gasteiger partial charge is 0.480 e. The summed E-state index contributed by atoms with van der Waals surface area (Å²) in [6.45, 7) is 6.01. The zero-order chi connectivity index (χ0) is 22.2. The van der Waals surface area contributed by atoms with Gasteiger partial charge in [-0.05, 0) is 48.8 Å². The van der Waals surface area contributed by atoms with Gasteiger partial charge in [-0.2, -0.15) is 0 Å². The van der Waals surface area contributed by atoms with Crippen molar-refractivity contribution in [1.29, 1.82) is 0 Å². The molecular formula is C26H29NO4. The van der Waals surface area contributed by atoms with Gasteiger partial charge in [0.1, 0.15) is 6.10 Å². The Morgan fingerprint density at radius 3 is 2.55 bits per heavy atom. The summed E-state index contributed by atoms with van der Waals surface area (Å²) in [6, 6.07) is 14.1. The van der Waals surface area contributed by atoms with Crippen LogP contribution in [0.3, 0.4) is 0 Å². The zero-order valence-electron chi connectivity index (χ0n) is 18.2. The molecule has 2 aliphatic rings. The Bertz CT molecular complexity index is 984. The maximum absolute atomic E-state index is 12.7. The van der Waals surface area contributed by atoms with E-state index in [1.54, 1.807) is 0 Å². The van der Waals surface area contributed by atoms with E-state index in [9.17, 15) is 14.7 Å². The number of hydrogen-bond acceptors (Lipinski definition) is 4. The van der Waals surface area contributed by atoms with Gasteiger partial charge in [0.05, 0.1) is 5.69 Å². The number of fused-ring (bicyclic) bond motifs is 1. The SMILES string of the molecule is CC[C@H]1[C@H](C=Cc2ccc(-c3ccccc3)cn2)[C@@H]2[C@@H](C)OC(=O)[C@]2(C(=O)O)C[C@@H]1C. The Balaban J connectivity index is 1.65. The van der Waals surface area contributed by atoms with E-state index in [0.717, 1.165) is 23.2 Å². The molecule has 4 rings (SSSR count). The van der Waals surface area contributed by atoms with E-state index in [4.69, 9.17) is 4.74 Å². The van der Waals surface area contributed by atoms with Crippen LogP contribution < -0.4 is 0 Å². The minimum absolute atomic E-state index is 0.0677. The predicted molar refractivity (Wildman–Crippen MR) is 119 cm³/mol. The molecule has 2 aromatic rings. The van der Waals surface area contributed by atoms with Crippen molar-refractivity contribution in [2.24, 2.45) is 29.1 Å². The van der Waals surface area contributed by atoms with Crippen molar-refractivity contribution in [3.8, 4) is 11.1 Å². The number of pyridine rings is 1. The molecule has 1 aromatic heterocycles. The number of esters is 1. The van der Waals surface area contributed by atoms with Crippen LogP contribution >= 0.6 is 0 Å². The summed E-state index contributed by atoms with van der Waals surface area (Å²) >= 11 is 0. The molecule has 2 fully saturated rings. The van der Waals surface area contributed by atoms with Crippen molar-refractivity contribution in [3.63, 3.8) is 0 Å². The molecule has 1 aliphatic heterocycles.